The maximum Gasteiger partial charge on any atom is 0.256 e. The van der Waals surface area contributed by atoms with Gasteiger partial charge in [-0.2, -0.15) is 0 Å². The van der Waals surface area contributed by atoms with Crippen LogP contribution in [0.3, 0.4) is 0 Å². The molecule has 1 atom stereocenters. The fourth-order valence-electron chi connectivity index (χ4n) is 1.48. The first-order chi connectivity index (χ1) is 8.20. The third-order valence-corrected chi connectivity index (χ3v) is 3.43. The molecule has 17 heavy (non-hydrogen) atoms. The highest BCUT2D eigenvalue weighted by atomic mass is 32.2. The molecule has 90 valence electrons. The van der Waals surface area contributed by atoms with Crippen LogP contribution in [0.5, 0.6) is 0 Å². The van der Waals surface area contributed by atoms with E-state index in [1.165, 1.54) is 17.8 Å². The summed E-state index contributed by atoms with van der Waals surface area (Å²) in [7, 11) is 0. The molecule has 0 saturated carbocycles. The number of halogens is 1. The smallest absolute Gasteiger partial charge is 0.256 e. The zero-order valence-electron chi connectivity index (χ0n) is 9.39. The largest absolute Gasteiger partial charge is 0.440 e. The number of thioether (sulfide) groups is 1. The van der Waals surface area contributed by atoms with Crippen LogP contribution in [0.25, 0.3) is 0 Å². The summed E-state index contributed by atoms with van der Waals surface area (Å²) in [5, 5.41) is 0.329. The number of nitrogens with two attached hydrogens (primary N) is 1. The second kappa shape index (κ2) is 5.33. The first-order valence-electron chi connectivity index (χ1n) is 5.24. The summed E-state index contributed by atoms with van der Waals surface area (Å²) < 4.78 is 18.8. The van der Waals surface area contributed by atoms with Crippen molar-refractivity contribution in [3.05, 3.63) is 47.6 Å². The van der Waals surface area contributed by atoms with Crippen molar-refractivity contribution in [2.45, 2.75) is 17.4 Å². The number of benzene rings is 1. The summed E-state index contributed by atoms with van der Waals surface area (Å²) in [5.74, 6) is -0.251. The van der Waals surface area contributed by atoms with Gasteiger partial charge < -0.3 is 10.2 Å². The van der Waals surface area contributed by atoms with E-state index in [2.05, 4.69) is 4.98 Å². The zero-order valence-corrected chi connectivity index (χ0v) is 10.2. The van der Waals surface area contributed by atoms with Gasteiger partial charge in [0.2, 0.25) is 0 Å². The third kappa shape index (κ3) is 2.87. The Labute approximate surface area is 103 Å². The van der Waals surface area contributed by atoms with E-state index in [0.29, 0.717) is 17.3 Å². The van der Waals surface area contributed by atoms with Gasteiger partial charge in [-0.15, -0.1) is 0 Å². The zero-order chi connectivity index (χ0) is 12.3. The SMILES string of the molecule is Cc1coc(SC(CN)c2ccccc2F)n1. The molecule has 0 saturated heterocycles. The molecule has 0 amide bonds. The lowest BCUT2D eigenvalue weighted by Crippen LogP contribution is -2.10. The molecule has 5 heteroatoms. The molecule has 0 bridgehead atoms. The number of nitrogens with zero attached hydrogens (tertiary/aromatic N) is 1. The minimum atomic E-state index is -0.251. The number of hydrogen-bond donors (Lipinski definition) is 1. The van der Waals surface area contributed by atoms with E-state index >= 15 is 0 Å². The van der Waals surface area contributed by atoms with Gasteiger partial charge in [0.25, 0.3) is 5.22 Å². The van der Waals surface area contributed by atoms with Gasteiger partial charge in [-0.25, -0.2) is 9.37 Å². The summed E-state index contributed by atoms with van der Waals surface area (Å²) in [5.41, 5.74) is 7.05. The average Bonchev–Trinajstić information content (AvgIpc) is 2.73. The lowest BCUT2D eigenvalue weighted by Gasteiger charge is -2.13. The van der Waals surface area contributed by atoms with E-state index in [4.69, 9.17) is 10.2 Å². The fourth-order valence-corrected chi connectivity index (χ4v) is 2.44. The maximum absolute atomic E-state index is 13.6. The van der Waals surface area contributed by atoms with Gasteiger partial charge >= 0.3 is 0 Å². The summed E-state index contributed by atoms with van der Waals surface area (Å²) in [6.07, 6.45) is 1.57. The van der Waals surface area contributed by atoms with E-state index in [0.717, 1.165) is 5.69 Å². The quantitative estimate of drug-likeness (QED) is 0.850. The van der Waals surface area contributed by atoms with Crippen LogP contribution >= 0.6 is 11.8 Å². The summed E-state index contributed by atoms with van der Waals surface area (Å²) in [6.45, 7) is 2.17. The van der Waals surface area contributed by atoms with Gasteiger partial charge in [-0.1, -0.05) is 30.0 Å². The highest BCUT2D eigenvalue weighted by Crippen LogP contribution is 2.34. The highest BCUT2D eigenvalue weighted by Gasteiger charge is 2.17. The van der Waals surface area contributed by atoms with Gasteiger partial charge in [0.05, 0.1) is 10.9 Å². The Morgan fingerprint density at radius 3 is 2.82 bits per heavy atom. The second-order valence-electron chi connectivity index (χ2n) is 3.62. The molecule has 0 aliphatic carbocycles. The highest BCUT2D eigenvalue weighted by molar-refractivity contribution is 7.99. The van der Waals surface area contributed by atoms with Crippen molar-refractivity contribution in [1.29, 1.82) is 0 Å². The Kier molecular flexibility index (Phi) is 3.81. The van der Waals surface area contributed by atoms with Crippen molar-refractivity contribution in [2.75, 3.05) is 6.54 Å². The van der Waals surface area contributed by atoms with Crippen molar-refractivity contribution in [3.8, 4) is 0 Å². The molecule has 0 spiro atoms. The molecule has 1 heterocycles. The molecular weight excluding hydrogens is 239 g/mol. The topological polar surface area (TPSA) is 52.0 Å². The van der Waals surface area contributed by atoms with Crippen LogP contribution in [0.4, 0.5) is 4.39 Å². The van der Waals surface area contributed by atoms with E-state index in [1.807, 2.05) is 6.92 Å². The Balaban J connectivity index is 2.20. The van der Waals surface area contributed by atoms with E-state index in [1.54, 1.807) is 24.5 Å². The fraction of sp³-hybridized carbons (Fsp3) is 0.250. The van der Waals surface area contributed by atoms with Crippen LogP contribution in [-0.2, 0) is 0 Å². The van der Waals surface area contributed by atoms with Crippen LogP contribution < -0.4 is 5.73 Å². The Morgan fingerprint density at radius 1 is 1.47 bits per heavy atom. The second-order valence-corrected chi connectivity index (χ2v) is 4.77. The van der Waals surface area contributed by atoms with Crippen LogP contribution in [0.1, 0.15) is 16.5 Å². The Hall–Kier alpha value is -1.33. The predicted octanol–water partition coefficient (Wildman–Crippen LogP) is 2.91. The third-order valence-electron chi connectivity index (χ3n) is 2.31. The minimum Gasteiger partial charge on any atom is -0.440 e. The summed E-state index contributed by atoms with van der Waals surface area (Å²) >= 11 is 1.33. The average molecular weight is 252 g/mol. The lowest BCUT2D eigenvalue weighted by molar-refractivity contribution is 0.452. The van der Waals surface area contributed by atoms with Crippen molar-refractivity contribution in [2.24, 2.45) is 5.73 Å². The van der Waals surface area contributed by atoms with Crippen molar-refractivity contribution >= 4 is 11.8 Å². The van der Waals surface area contributed by atoms with Gasteiger partial charge in [0.1, 0.15) is 12.1 Å². The molecule has 2 aromatic rings. The van der Waals surface area contributed by atoms with E-state index in [9.17, 15) is 4.39 Å². The van der Waals surface area contributed by atoms with Crippen molar-refractivity contribution in [3.63, 3.8) is 0 Å². The molecule has 0 fully saturated rings. The molecule has 1 aromatic carbocycles. The lowest BCUT2D eigenvalue weighted by atomic mass is 10.1. The van der Waals surface area contributed by atoms with Crippen molar-refractivity contribution < 1.29 is 8.81 Å². The number of hydrogen-bond acceptors (Lipinski definition) is 4. The molecule has 0 radical (unpaired) electrons. The van der Waals surface area contributed by atoms with Gasteiger partial charge in [0.15, 0.2) is 0 Å². The molecule has 0 aliphatic heterocycles. The minimum absolute atomic E-state index is 0.186. The Morgan fingerprint density at radius 2 is 2.24 bits per heavy atom. The van der Waals surface area contributed by atoms with Gasteiger partial charge in [0, 0.05) is 12.1 Å². The number of rotatable bonds is 4. The van der Waals surface area contributed by atoms with Crippen LogP contribution in [0, 0.1) is 12.7 Å². The standard InChI is InChI=1S/C12H13FN2OS/c1-8-7-16-12(15-8)17-11(6-14)9-4-2-3-5-10(9)13/h2-5,7,11H,6,14H2,1H3. The van der Waals surface area contributed by atoms with Gasteiger partial charge in [-0.05, 0) is 13.0 Å². The molecular formula is C12H13FN2OS. The normalized spacial score (nSPS) is 12.6. The van der Waals surface area contributed by atoms with E-state index in [-0.39, 0.29) is 11.1 Å². The number of aromatic nitrogens is 1. The first kappa shape index (κ1) is 12.1. The van der Waals surface area contributed by atoms with Crippen LogP contribution in [0.15, 0.2) is 40.2 Å². The first-order valence-corrected chi connectivity index (χ1v) is 6.12. The monoisotopic (exact) mass is 252 g/mol. The molecule has 2 N–H and O–H groups in total. The Bertz CT molecular complexity index is 501. The predicted molar refractivity (Wildman–Crippen MR) is 65.3 cm³/mol. The summed E-state index contributed by atoms with van der Waals surface area (Å²) in [6, 6.07) is 6.61. The van der Waals surface area contributed by atoms with Crippen LogP contribution in [-0.4, -0.2) is 11.5 Å². The van der Waals surface area contributed by atoms with Crippen LogP contribution in [0.2, 0.25) is 0 Å². The van der Waals surface area contributed by atoms with E-state index < -0.39 is 0 Å². The van der Waals surface area contributed by atoms with Crippen molar-refractivity contribution in [1.82, 2.24) is 4.98 Å². The molecule has 2 rings (SSSR count). The summed E-state index contributed by atoms with van der Waals surface area (Å²) in [4.78, 5) is 4.17. The molecule has 0 aliphatic rings. The number of aryl methyl sites for hydroxylation is 1. The molecule has 1 unspecified atom stereocenters. The van der Waals surface area contributed by atoms with Gasteiger partial charge in [-0.3, -0.25) is 0 Å². The molecule has 1 aromatic heterocycles. The molecule has 3 nitrogen and oxygen atoms in total. The number of oxazole rings is 1. The maximum atomic E-state index is 13.6.